The van der Waals surface area contributed by atoms with Crippen LogP contribution >= 0.6 is 7.60 Å². The molecule has 0 saturated carbocycles. The predicted octanol–water partition coefficient (Wildman–Crippen LogP) is -2.10. The summed E-state index contributed by atoms with van der Waals surface area (Å²) in [7, 11) is -4.39. The highest BCUT2D eigenvalue weighted by Crippen LogP contribution is 2.37. The standard InChI is InChI=1S/C11H16N5O8P/c12-9-7-10(14-2-13-9)16(3-15-7)11(8(18)6(17)1-23-11)24-4-22-5-25(19,20)21/h2-3,6,8,17-18H,1,4-5H2,(H2,12,13,14)(H2,19,20,21)/t6-,8-,11+/m1/s1. The first-order valence-corrected chi connectivity index (χ1v) is 8.75. The molecule has 13 nitrogen and oxygen atoms in total. The summed E-state index contributed by atoms with van der Waals surface area (Å²) in [5.74, 6) is -1.88. The number of nitrogens with zero attached hydrogens (tertiary/aromatic N) is 4. The van der Waals surface area contributed by atoms with Crippen LogP contribution in [0, 0.1) is 0 Å². The van der Waals surface area contributed by atoms with Crippen LogP contribution in [0.15, 0.2) is 12.7 Å². The van der Waals surface area contributed by atoms with Crippen molar-refractivity contribution in [3.63, 3.8) is 0 Å². The average Bonchev–Trinajstić information content (AvgIpc) is 3.09. The Morgan fingerprint density at radius 2 is 2.16 bits per heavy atom. The molecule has 1 aliphatic heterocycles. The Bertz CT molecular complexity index is 811. The van der Waals surface area contributed by atoms with E-state index in [9.17, 15) is 14.8 Å². The topological polar surface area (TPSA) is 195 Å². The van der Waals surface area contributed by atoms with Gasteiger partial charge < -0.3 is 39.9 Å². The van der Waals surface area contributed by atoms with Crippen molar-refractivity contribution in [1.29, 1.82) is 0 Å². The third-order valence-electron chi connectivity index (χ3n) is 3.51. The van der Waals surface area contributed by atoms with Gasteiger partial charge in [-0.3, -0.25) is 9.13 Å². The van der Waals surface area contributed by atoms with E-state index < -0.39 is 38.9 Å². The van der Waals surface area contributed by atoms with E-state index in [1.54, 1.807) is 0 Å². The highest BCUT2D eigenvalue weighted by Gasteiger charge is 2.53. The van der Waals surface area contributed by atoms with Crippen molar-refractivity contribution in [3.05, 3.63) is 12.7 Å². The van der Waals surface area contributed by atoms with Crippen molar-refractivity contribution in [2.45, 2.75) is 18.1 Å². The van der Waals surface area contributed by atoms with E-state index in [4.69, 9.17) is 29.7 Å². The van der Waals surface area contributed by atoms with Gasteiger partial charge in [-0.1, -0.05) is 0 Å². The minimum Gasteiger partial charge on any atom is -0.388 e. The van der Waals surface area contributed by atoms with Crippen molar-refractivity contribution in [2.75, 3.05) is 25.5 Å². The lowest BCUT2D eigenvalue weighted by Crippen LogP contribution is -2.48. The van der Waals surface area contributed by atoms with Crippen LogP contribution in [0.5, 0.6) is 0 Å². The number of anilines is 1. The van der Waals surface area contributed by atoms with Gasteiger partial charge in [0.05, 0.1) is 6.61 Å². The van der Waals surface area contributed by atoms with Crippen molar-refractivity contribution in [1.82, 2.24) is 19.5 Å². The van der Waals surface area contributed by atoms with Crippen molar-refractivity contribution < 1.29 is 38.8 Å². The number of ether oxygens (including phenoxy) is 3. The van der Waals surface area contributed by atoms with Gasteiger partial charge in [0, 0.05) is 0 Å². The molecule has 1 saturated heterocycles. The molecule has 0 bridgehead atoms. The number of rotatable bonds is 6. The number of aromatic nitrogens is 4. The molecule has 138 valence electrons. The first-order valence-electron chi connectivity index (χ1n) is 6.95. The zero-order valence-electron chi connectivity index (χ0n) is 12.7. The molecule has 2 aromatic rings. The molecule has 0 aliphatic carbocycles. The Morgan fingerprint density at radius 1 is 1.40 bits per heavy atom. The summed E-state index contributed by atoms with van der Waals surface area (Å²) in [4.78, 5) is 29.4. The minimum atomic E-state index is -4.39. The molecule has 14 heteroatoms. The molecule has 3 heterocycles. The molecule has 3 rings (SSSR count). The van der Waals surface area contributed by atoms with Crippen molar-refractivity contribution >= 4 is 24.6 Å². The van der Waals surface area contributed by atoms with Gasteiger partial charge in [0.1, 0.15) is 24.3 Å². The molecule has 1 fully saturated rings. The van der Waals surface area contributed by atoms with Crippen LogP contribution in [-0.2, 0) is 24.7 Å². The lowest BCUT2D eigenvalue weighted by Gasteiger charge is -2.32. The summed E-state index contributed by atoms with van der Waals surface area (Å²) >= 11 is 0. The third kappa shape index (κ3) is 3.36. The molecule has 2 aromatic heterocycles. The molecule has 1 aliphatic rings. The van der Waals surface area contributed by atoms with Crippen LogP contribution in [0.25, 0.3) is 11.2 Å². The largest absolute Gasteiger partial charge is 0.388 e. The second-order valence-corrected chi connectivity index (χ2v) is 6.85. The van der Waals surface area contributed by atoms with E-state index in [1.165, 1.54) is 17.2 Å². The van der Waals surface area contributed by atoms with Crippen molar-refractivity contribution in [3.8, 4) is 0 Å². The highest BCUT2D eigenvalue weighted by atomic mass is 31.2. The summed E-state index contributed by atoms with van der Waals surface area (Å²) in [5.41, 5.74) is 6.09. The summed E-state index contributed by atoms with van der Waals surface area (Å²) in [6.45, 7) is -0.908. The number of nitrogen functional groups attached to an aromatic ring is 1. The van der Waals surface area contributed by atoms with Gasteiger partial charge in [0.25, 0.3) is 5.91 Å². The molecule has 0 radical (unpaired) electrons. The molecule has 6 N–H and O–H groups in total. The Morgan fingerprint density at radius 3 is 2.80 bits per heavy atom. The maximum atomic E-state index is 10.8. The van der Waals surface area contributed by atoms with Crippen LogP contribution in [-0.4, -0.2) is 71.5 Å². The van der Waals surface area contributed by atoms with Crippen LogP contribution in [0.1, 0.15) is 0 Å². The second kappa shape index (κ2) is 6.55. The number of hydrogen-bond donors (Lipinski definition) is 5. The van der Waals surface area contributed by atoms with E-state index in [1.807, 2.05) is 0 Å². The normalized spacial score (nSPS) is 27.2. The molecule has 25 heavy (non-hydrogen) atoms. The Labute approximate surface area is 140 Å². The lowest BCUT2D eigenvalue weighted by atomic mass is 10.2. The zero-order valence-corrected chi connectivity index (χ0v) is 13.6. The van der Waals surface area contributed by atoms with Gasteiger partial charge in [0.2, 0.25) is 0 Å². The molecule has 3 atom stereocenters. The monoisotopic (exact) mass is 377 g/mol. The summed E-state index contributed by atoms with van der Waals surface area (Å²) in [5, 5.41) is 20.2. The third-order valence-corrected chi connectivity index (χ3v) is 4.02. The molecule has 0 amide bonds. The molecular weight excluding hydrogens is 361 g/mol. The summed E-state index contributed by atoms with van der Waals surface area (Å²) in [6, 6.07) is 0. The molecule has 0 aromatic carbocycles. The molecule has 0 unspecified atom stereocenters. The first kappa shape index (κ1) is 18.1. The van der Waals surface area contributed by atoms with Gasteiger partial charge >= 0.3 is 7.60 Å². The van der Waals surface area contributed by atoms with Gasteiger partial charge in [0.15, 0.2) is 30.7 Å². The predicted molar refractivity (Wildman–Crippen MR) is 79.6 cm³/mol. The molecule has 0 spiro atoms. The van der Waals surface area contributed by atoms with Gasteiger partial charge in [-0.05, 0) is 0 Å². The Balaban J connectivity index is 1.92. The van der Waals surface area contributed by atoms with Crippen LogP contribution in [0.3, 0.4) is 0 Å². The van der Waals surface area contributed by atoms with Crippen LogP contribution in [0.4, 0.5) is 5.82 Å². The Hall–Kier alpha value is -1.70. The van der Waals surface area contributed by atoms with Crippen LogP contribution in [0.2, 0.25) is 0 Å². The summed E-state index contributed by atoms with van der Waals surface area (Å²) in [6.07, 6.45) is -1.33. The number of nitrogens with two attached hydrogens (primary N) is 1. The van der Waals surface area contributed by atoms with E-state index in [0.717, 1.165) is 0 Å². The minimum absolute atomic E-state index is 0.0877. The van der Waals surface area contributed by atoms with Gasteiger partial charge in [-0.25, -0.2) is 15.0 Å². The molecular formula is C11H16N5O8P. The number of imidazole rings is 1. The fraction of sp³-hybridized carbons (Fsp3) is 0.545. The van der Waals surface area contributed by atoms with Crippen LogP contribution < -0.4 is 5.73 Å². The summed E-state index contributed by atoms with van der Waals surface area (Å²) < 4.78 is 27.6. The fourth-order valence-electron chi connectivity index (χ4n) is 2.40. The van der Waals surface area contributed by atoms with E-state index in [2.05, 4.69) is 15.0 Å². The van der Waals surface area contributed by atoms with Gasteiger partial charge in [-0.15, -0.1) is 0 Å². The van der Waals surface area contributed by atoms with E-state index in [0.29, 0.717) is 0 Å². The quantitative estimate of drug-likeness (QED) is 0.209. The zero-order chi connectivity index (χ0) is 18.2. The maximum Gasteiger partial charge on any atom is 0.351 e. The number of hydrogen-bond acceptors (Lipinski definition) is 10. The Kier molecular flexibility index (Phi) is 4.74. The maximum absolute atomic E-state index is 10.8. The van der Waals surface area contributed by atoms with Crippen molar-refractivity contribution in [2.24, 2.45) is 0 Å². The SMILES string of the molecule is Nc1ncnc2c1ncn2[C@]1(OCOCP(=O)(O)O)OC[C@@H](O)[C@H]1O. The van der Waals surface area contributed by atoms with E-state index in [-0.39, 0.29) is 23.6 Å². The highest BCUT2D eigenvalue weighted by molar-refractivity contribution is 7.51. The van der Waals surface area contributed by atoms with Gasteiger partial charge in [-0.2, -0.15) is 0 Å². The first-order chi connectivity index (χ1) is 11.7. The fourth-order valence-corrected chi connectivity index (χ4v) is 2.71. The number of aliphatic hydroxyl groups excluding tert-OH is 2. The smallest absolute Gasteiger partial charge is 0.351 e. The number of aliphatic hydroxyl groups is 2. The second-order valence-electron chi connectivity index (χ2n) is 5.26. The van der Waals surface area contributed by atoms with E-state index >= 15 is 0 Å². The number of fused-ring (bicyclic) bond motifs is 1. The average molecular weight is 377 g/mol. The lowest BCUT2D eigenvalue weighted by molar-refractivity contribution is -0.328.